The quantitative estimate of drug-likeness (QED) is 0.719. The molecular formula is C19H27N5O4. The molecule has 9 heteroatoms. The lowest BCUT2D eigenvalue weighted by molar-refractivity contribution is -0.137. The summed E-state index contributed by atoms with van der Waals surface area (Å²) in [5.74, 6) is -1.30. The normalized spacial score (nSPS) is 11.1. The summed E-state index contributed by atoms with van der Waals surface area (Å²) in [6.07, 6.45) is 1.59. The van der Waals surface area contributed by atoms with Crippen LogP contribution in [0.15, 0.2) is 12.3 Å². The number of carbonyl (C=O) groups excluding carboxylic acids is 3. The molecule has 0 saturated heterocycles. The molecule has 0 saturated carbocycles. The highest BCUT2D eigenvalue weighted by Gasteiger charge is 2.21. The average molecular weight is 389 g/mol. The van der Waals surface area contributed by atoms with Crippen LogP contribution in [0, 0.1) is 0 Å². The van der Waals surface area contributed by atoms with Gasteiger partial charge in [-0.25, -0.2) is 14.5 Å². The summed E-state index contributed by atoms with van der Waals surface area (Å²) in [6, 6.07) is 1.76. The Balaban J connectivity index is 2.25. The van der Waals surface area contributed by atoms with Crippen LogP contribution in [0.2, 0.25) is 0 Å². The fourth-order valence-electron chi connectivity index (χ4n) is 2.58. The van der Waals surface area contributed by atoms with Crippen molar-refractivity contribution in [3.8, 4) is 0 Å². The predicted molar refractivity (Wildman–Crippen MR) is 104 cm³/mol. The van der Waals surface area contributed by atoms with Crippen molar-refractivity contribution in [3.05, 3.63) is 23.5 Å². The van der Waals surface area contributed by atoms with E-state index >= 15 is 0 Å². The SMILES string of the molecule is CNC(=O)CN(C)C(=O)COC(=O)c1cc(C(C)C)nc2c1cnn2C(C)C. The molecule has 0 unspecified atom stereocenters. The van der Waals surface area contributed by atoms with Crippen LogP contribution in [0.4, 0.5) is 0 Å². The van der Waals surface area contributed by atoms with Gasteiger partial charge in [0.25, 0.3) is 5.91 Å². The van der Waals surface area contributed by atoms with E-state index in [1.807, 2.05) is 27.7 Å². The highest BCUT2D eigenvalue weighted by Crippen LogP contribution is 2.24. The van der Waals surface area contributed by atoms with Crippen LogP contribution in [-0.4, -0.2) is 64.7 Å². The molecule has 0 fully saturated rings. The largest absolute Gasteiger partial charge is 0.452 e. The van der Waals surface area contributed by atoms with E-state index in [4.69, 9.17) is 4.74 Å². The van der Waals surface area contributed by atoms with E-state index in [2.05, 4.69) is 15.4 Å². The van der Waals surface area contributed by atoms with Crippen molar-refractivity contribution in [1.29, 1.82) is 0 Å². The molecule has 2 rings (SSSR count). The Bertz CT molecular complexity index is 888. The average Bonchev–Trinajstić information content (AvgIpc) is 3.08. The lowest BCUT2D eigenvalue weighted by atomic mass is 10.1. The molecule has 2 amide bonds. The molecule has 152 valence electrons. The van der Waals surface area contributed by atoms with Crippen molar-refractivity contribution in [1.82, 2.24) is 25.0 Å². The predicted octanol–water partition coefficient (Wildman–Crippen LogP) is 1.50. The molecule has 0 atom stereocenters. The number of amides is 2. The topological polar surface area (TPSA) is 106 Å². The van der Waals surface area contributed by atoms with Gasteiger partial charge >= 0.3 is 5.97 Å². The van der Waals surface area contributed by atoms with Crippen LogP contribution in [0.25, 0.3) is 11.0 Å². The summed E-state index contributed by atoms with van der Waals surface area (Å²) in [7, 11) is 2.96. The fourth-order valence-corrected chi connectivity index (χ4v) is 2.58. The first-order chi connectivity index (χ1) is 13.1. The van der Waals surface area contributed by atoms with E-state index in [-0.39, 0.29) is 24.4 Å². The summed E-state index contributed by atoms with van der Waals surface area (Å²) in [6.45, 7) is 7.37. The molecule has 2 aromatic heterocycles. The first-order valence-corrected chi connectivity index (χ1v) is 9.15. The van der Waals surface area contributed by atoms with Crippen LogP contribution in [0.1, 0.15) is 55.7 Å². The van der Waals surface area contributed by atoms with E-state index in [0.29, 0.717) is 16.6 Å². The van der Waals surface area contributed by atoms with Crippen LogP contribution < -0.4 is 5.32 Å². The highest BCUT2D eigenvalue weighted by molar-refractivity contribution is 6.03. The molecule has 0 aliphatic carbocycles. The summed E-state index contributed by atoms with van der Waals surface area (Å²) in [4.78, 5) is 42.0. The van der Waals surface area contributed by atoms with Crippen molar-refractivity contribution >= 4 is 28.8 Å². The Kier molecular flexibility index (Phi) is 6.71. The third-order valence-corrected chi connectivity index (χ3v) is 4.30. The monoisotopic (exact) mass is 389 g/mol. The number of ether oxygens (including phenoxy) is 1. The van der Waals surface area contributed by atoms with Gasteiger partial charge in [-0.1, -0.05) is 13.8 Å². The van der Waals surface area contributed by atoms with Gasteiger partial charge in [-0.15, -0.1) is 0 Å². The molecule has 2 aromatic rings. The molecule has 0 aliphatic heterocycles. The van der Waals surface area contributed by atoms with Crippen molar-refractivity contribution in [2.24, 2.45) is 0 Å². The third-order valence-electron chi connectivity index (χ3n) is 4.30. The van der Waals surface area contributed by atoms with Gasteiger partial charge in [0, 0.05) is 25.8 Å². The van der Waals surface area contributed by atoms with Crippen LogP contribution in [0.5, 0.6) is 0 Å². The van der Waals surface area contributed by atoms with Crippen molar-refractivity contribution in [2.45, 2.75) is 39.7 Å². The number of nitrogens with zero attached hydrogens (tertiary/aromatic N) is 4. The molecule has 0 radical (unpaired) electrons. The molecule has 9 nitrogen and oxygen atoms in total. The summed E-state index contributed by atoms with van der Waals surface area (Å²) in [5, 5.41) is 7.34. The number of aromatic nitrogens is 3. The minimum Gasteiger partial charge on any atom is -0.452 e. The number of hydrogen-bond acceptors (Lipinski definition) is 6. The van der Waals surface area contributed by atoms with Gasteiger partial charge in [-0.3, -0.25) is 9.59 Å². The summed E-state index contributed by atoms with van der Waals surface area (Å²) >= 11 is 0. The molecule has 0 bridgehead atoms. The van der Waals surface area contributed by atoms with E-state index in [0.717, 1.165) is 5.69 Å². The zero-order valence-corrected chi connectivity index (χ0v) is 17.1. The number of rotatable bonds is 7. The number of hydrogen-bond donors (Lipinski definition) is 1. The molecular weight excluding hydrogens is 362 g/mol. The Morgan fingerprint density at radius 1 is 1.25 bits per heavy atom. The van der Waals surface area contributed by atoms with Gasteiger partial charge in [0.15, 0.2) is 12.3 Å². The zero-order valence-electron chi connectivity index (χ0n) is 17.1. The maximum Gasteiger partial charge on any atom is 0.339 e. The number of carbonyl (C=O) groups is 3. The van der Waals surface area contributed by atoms with Crippen molar-refractivity contribution in [3.63, 3.8) is 0 Å². The number of pyridine rings is 1. The first-order valence-electron chi connectivity index (χ1n) is 9.15. The van der Waals surface area contributed by atoms with E-state index < -0.39 is 18.5 Å². The Labute approximate surface area is 164 Å². The summed E-state index contributed by atoms with van der Waals surface area (Å²) in [5.41, 5.74) is 1.67. The third kappa shape index (κ3) is 4.65. The van der Waals surface area contributed by atoms with Crippen molar-refractivity contribution in [2.75, 3.05) is 27.2 Å². The van der Waals surface area contributed by atoms with Crippen LogP contribution in [0.3, 0.4) is 0 Å². The van der Waals surface area contributed by atoms with Gasteiger partial charge in [0.1, 0.15) is 0 Å². The van der Waals surface area contributed by atoms with Gasteiger partial charge in [0.2, 0.25) is 5.91 Å². The Morgan fingerprint density at radius 3 is 2.50 bits per heavy atom. The second kappa shape index (κ2) is 8.81. The minimum absolute atomic E-state index is 0.0798. The molecule has 0 spiro atoms. The van der Waals surface area contributed by atoms with Crippen LogP contribution in [-0.2, 0) is 14.3 Å². The Morgan fingerprint density at radius 2 is 1.93 bits per heavy atom. The number of likely N-dealkylation sites (N-methyl/N-ethyl adjacent to an activating group) is 2. The lowest BCUT2D eigenvalue weighted by Crippen LogP contribution is -2.39. The fraction of sp³-hybridized carbons (Fsp3) is 0.526. The first kappa shape index (κ1) is 21.3. The van der Waals surface area contributed by atoms with E-state index in [1.54, 1.807) is 16.9 Å². The number of esters is 1. The van der Waals surface area contributed by atoms with Gasteiger partial charge in [-0.2, -0.15) is 5.10 Å². The number of nitrogens with one attached hydrogen (secondary N) is 1. The highest BCUT2D eigenvalue weighted by atomic mass is 16.5. The van der Waals surface area contributed by atoms with E-state index in [9.17, 15) is 14.4 Å². The van der Waals surface area contributed by atoms with Gasteiger partial charge in [-0.05, 0) is 25.8 Å². The molecule has 2 heterocycles. The van der Waals surface area contributed by atoms with Crippen LogP contribution >= 0.6 is 0 Å². The zero-order chi connectivity index (χ0) is 21.0. The maximum atomic E-state index is 12.7. The minimum atomic E-state index is -0.626. The molecule has 0 aromatic carbocycles. The van der Waals surface area contributed by atoms with Crippen molar-refractivity contribution < 1.29 is 19.1 Å². The molecule has 0 aliphatic rings. The van der Waals surface area contributed by atoms with E-state index in [1.165, 1.54) is 19.0 Å². The second-order valence-corrected chi connectivity index (χ2v) is 7.17. The molecule has 28 heavy (non-hydrogen) atoms. The number of fused-ring (bicyclic) bond motifs is 1. The Hall–Kier alpha value is -2.97. The lowest BCUT2D eigenvalue weighted by Gasteiger charge is -2.16. The standard InChI is InChI=1S/C19H27N5O4/c1-11(2)15-7-13(14-8-21-24(12(3)4)18(14)22-15)19(27)28-10-17(26)23(6)9-16(25)20-5/h7-8,11-12H,9-10H2,1-6H3,(H,20,25). The second-order valence-electron chi connectivity index (χ2n) is 7.17. The molecule has 1 N–H and O–H groups in total. The van der Waals surface area contributed by atoms with Gasteiger partial charge < -0.3 is 15.0 Å². The summed E-state index contributed by atoms with van der Waals surface area (Å²) < 4.78 is 6.96. The maximum absolute atomic E-state index is 12.7. The smallest absolute Gasteiger partial charge is 0.339 e. The van der Waals surface area contributed by atoms with Gasteiger partial charge in [0.05, 0.1) is 23.7 Å².